The van der Waals surface area contributed by atoms with Crippen LogP contribution in [0.5, 0.6) is 0 Å². The van der Waals surface area contributed by atoms with Crippen molar-refractivity contribution in [3.8, 4) is 0 Å². The van der Waals surface area contributed by atoms with E-state index in [4.69, 9.17) is 9.15 Å². The molecule has 3 N–H and O–H groups in total. The molecule has 0 unspecified atom stereocenters. The van der Waals surface area contributed by atoms with Crippen LogP contribution in [0.15, 0.2) is 22.8 Å². The molecule has 20 heavy (non-hydrogen) atoms. The van der Waals surface area contributed by atoms with E-state index in [2.05, 4.69) is 10.6 Å². The van der Waals surface area contributed by atoms with Crippen molar-refractivity contribution < 1.29 is 19.1 Å². The third-order valence-electron chi connectivity index (χ3n) is 3.32. The lowest BCUT2D eigenvalue weighted by molar-refractivity contribution is 0.0559. The third kappa shape index (κ3) is 4.86. The predicted molar refractivity (Wildman–Crippen MR) is 73.4 cm³/mol. The predicted octanol–water partition coefficient (Wildman–Crippen LogP) is 1.05. The van der Waals surface area contributed by atoms with Crippen LogP contribution in [0.4, 0.5) is 4.79 Å². The zero-order chi connectivity index (χ0) is 14.4. The van der Waals surface area contributed by atoms with Crippen LogP contribution >= 0.6 is 0 Å². The lowest BCUT2D eigenvalue weighted by atomic mass is 10.0. The summed E-state index contributed by atoms with van der Waals surface area (Å²) in [6, 6.07) is 3.48. The van der Waals surface area contributed by atoms with Gasteiger partial charge in [-0.1, -0.05) is 0 Å². The van der Waals surface area contributed by atoms with Gasteiger partial charge in [-0.25, -0.2) is 4.79 Å². The molecule has 1 fully saturated rings. The fraction of sp³-hybridized carbons (Fsp3) is 0.643. The van der Waals surface area contributed by atoms with Gasteiger partial charge in [0.1, 0.15) is 5.76 Å². The molecule has 0 bridgehead atoms. The fourth-order valence-electron chi connectivity index (χ4n) is 2.20. The first-order valence-corrected chi connectivity index (χ1v) is 6.92. The van der Waals surface area contributed by atoms with Crippen molar-refractivity contribution in [3.05, 3.63) is 24.2 Å². The first kappa shape index (κ1) is 14.9. The fourth-order valence-corrected chi connectivity index (χ4v) is 2.20. The Labute approximate surface area is 118 Å². The molecular formula is C14H22N2O4. The van der Waals surface area contributed by atoms with Gasteiger partial charge in [0.25, 0.3) is 0 Å². The van der Waals surface area contributed by atoms with Gasteiger partial charge >= 0.3 is 6.03 Å². The molecule has 2 amide bonds. The number of carbonyl (C=O) groups excluding carboxylic acids is 1. The second-order valence-electron chi connectivity index (χ2n) is 5.47. The molecule has 1 saturated heterocycles. The van der Waals surface area contributed by atoms with Crippen molar-refractivity contribution in [2.75, 3.05) is 19.8 Å². The Bertz CT molecular complexity index is 411. The molecule has 2 heterocycles. The maximum Gasteiger partial charge on any atom is 0.315 e. The van der Waals surface area contributed by atoms with Crippen molar-refractivity contribution in [3.63, 3.8) is 0 Å². The summed E-state index contributed by atoms with van der Waals surface area (Å²) in [7, 11) is 0. The average molecular weight is 282 g/mol. The molecule has 1 aromatic rings. The summed E-state index contributed by atoms with van der Waals surface area (Å²) in [6.45, 7) is 3.20. The van der Waals surface area contributed by atoms with E-state index < -0.39 is 5.60 Å². The Hall–Kier alpha value is -1.53. The molecular weight excluding hydrogens is 260 g/mol. The summed E-state index contributed by atoms with van der Waals surface area (Å²) < 4.78 is 10.4. The number of carbonyl (C=O) groups is 1. The second-order valence-corrected chi connectivity index (χ2v) is 5.47. The minimum atomic E-state index is -1.04. The van der Waals surface area contributed by atoms with E-state index in [-0.39, 0.29) is 18.6 Å². The minimum absolute atomic E-state index is 0.152. The number of aliphatic hydroxyl groups is 1. The highest BCUT2D eigenvalue weighted by Gasteiger charge is 2.24. The summed E-state index contributed by atoms with van der Waals surface area (Å²) in [5.74, 6) is 0.696. The van der Waals surface area contributed by atoms with Gasteiger partial charge in [0.15, 0.2) is 0 Å². The molecule has 0 aromatic carbocycles. The topological polar surface area (TPSA) is 83.7 Å². The lowest BCUT2D eigenvalue weighted by Crippen LogP contribution is -2.49. The smallest absolute Gasteiger partial charge is 0.315 e. The van der Waals surface area contributed by atoms with Crippen LogP contribution in [0.3, 0.4) is 0 Å². The van der Waals surface area contributed by atoms with Crippen LogP contribution < -0.4 is 10.6 Å². The highest BCUT2D eigenvalue weighted by atomic mass is 16.5. The number of rotatable bonds is 5. The van der Waals surface area contributed by atoms with Gasteiger partial charge in [-0.15, -0.1) is 0 Å². The highest BCUT2D eigenvalue weighted by Crippen LogP contribution is 2.12. The Morgan fingerprint density at radius 1 is 1.50 bits per heavy atom. The molecule has 1 aliphatic heterocycles. The standard InChI is InChI=1S/C14H22N2O4/c1-14(18,9-12-3-2-6-20-12)10-15-13(17)16-11-4-7-19-8-5-11/h2-3,6,11,18H,4-5,7-10H2,1H3,(H2,15,16,17)/t14-/m0/s1. The number of hydrogen-bond acceptors (Lipinski definition) is 4. The molecule has 0 radical (unpaired) electrons. The van der Waals surface area contributed by atoms with E-state index in [0.717, 1.165) is 12.8 Å². The molecule has 6 heteroatoms. The largest absolute Gasteiger partial charge is 0.469 e. The van der Waals surface area contributed by atoms with Crippen molar-refractivity contribution in [2.45, 2.75) is 37.8 Å². The first-order valence-electron chi connectivity index (χ1n) is 6.92. The first-order chi connectivity index (χ1) is 9.55. The molecule has 1 aliphatic rings. The average Bonchev–Trinajstić information content (AvgIpc) is 2.90. The van der Waals surface area contributed by atoms with E-state index in [0.29, 0.717) is 25.4 Å². The normalized spacial score (nSPS) is 19.3. The van der Waals surface area contributed by atoms with Crippen molar-refractivity contribution in [1.29, 1.82) is 0 Å². The van der Waals surface area contributed by atoms with E-state index in [1.807, 2.05) is 0 Å². The number of amides is 2. The van der Waals surface area contributed by atoms with Gasteiger partial charge < -0.3 is 24.9 Å². The minimum Gasteiger partial charge on any atom is -0.469 e. The van der Waals surface area contributed by atoms with E-state index in [1.54, 1.807) is 25.3 Å². The molecule has 0 saturated carbocycles. The zero-order valence-corrected chi connectivity index (χ0v) is 11.7. The van der Waals surface area contributed by atoms with E-state index in [9.17, 15) is 9.90 Å². The van der Waals surface area contributed by atoms with Gasteiger partial charge in [0.2, 0.25) is 0 Å². The summed E-state index contributed by atoms with van der Waals surface area (Å²) in [5, 5.41) is 15.8. The Morgan fingerprint density at radius 3 is 2.90 bits per heavy atom. The summed E-state index contributed by atoms with van der Waals surface area (Å²) in [4.78, 5) is 11.8. The van der Waals surface area contributed by atoms with Crippen LogP contribution in [0.1, 0.15) is 25.5 Å². The molecule has 1 aromatic heterocycles. The number of ether oxygens (including phenoxy) is 1. The number of nitrogens with one attached hydrogen (secondary N) is 2. The van der Waals surface area contributed by atoms with Gasteiger partial charge in [-0.3, -0.25) is 0 Å². The lowest BCUT2D eigenvalue weighted by Gasteiger charge is -2.26. The SMILES string of the molecule is C[C@@](O)(CNC(=O)NC1CCOCC1)Cc1ccco1. The Morgan fingerprint density at radius 2 is 2.25 bits per heavy atom. The summed E-state index contributed by atoms with van der Waals surface area (Å²) in [5.41, 5.74) is -1.04. The van der Waals surface area contributed by atoms with E-state index >= 15 is 0 Å². The van der Waals surface area contributed by atoms with Crippen LogP contribution in [-0.2, 0) is 11.2 Å². The van der Waals surface area contributed by atoms with Crippen LogP contribution in [0, 0.1) is 0 Å². The second kappa shape index (κ2) is 6.76. The Kier molecular flexibility index (Phi) is 5.03. The van der Waals surface area contributed by atoms with Crippen LogP contribution in [-0.4, -0.2) is 42.5 Å². The number of hydrogen-bond donors (Lipinski definition) is 3. The summed E-state index contributed by atoms with van der Waals surface area (Å²) >= 11 is 0. The van der Waals surface area contributed by atoms with Gasteiger partial charge in [0, 0.05) is 32.2 Å². The van der Waals surface area contributed by atoms with Gasteiger partial charge in [-0.05, 0) is 31.9 Å². The van der Waals surface area contributed by atoms with Crippen LogP contribution in [0.2, 0.25) is 0 Å². The summed E-state index contributed by atoms with van der Waals surface area (Å²) in [6.07, 6.45) is 3.58. The molecule has 1 atom stereocenters. The number of urea groups is 1. The Balaban J connectivity index is 1.71. The van der Waals surface area contributed by atoms with Gasteiger partial charge in [-0.2, -0.15) is 0 Å². The van der Waals surface area contributed by atoms with Crippen LogP contribution in [0.25, 0.3) is 0 Å². The maximum atomic E-state index is 11.8. The number of furan rings is 1. The molecule has 2 rings (SSSR count). The third-order valence-corrected chi connectivity index (χ3v) is 3.32. The molecule has 6 nitrogen and oxygen atoms in total. The van der Waals surface area contributed by atoms with Crippen molar-refractivity contribution >= 4 is 6.03 Å². The molecule has 112 valence electrons. The molecule has 0 spiro atoms. The maximum absolute atomic E-state index is 11.8. The zero-order valence-electron chi connectivity index (χ0n) is 11.7. The van der Waals surface area contributed by atoms with Crippen molar-refractivity contribution in [2.24, 2.45) is 0 Å². The van der Waals surface area contributed by atoms with Gasteiger partial charge in [0.05, 0.1) is 11.9 Å². The quantitative estimate of drug-likeness (QED) is 0.754. The van der Waals surface area contributed by atoms with E-state index in [1.165, 1.54) is 0 Å². The monoisotopic (exact) mass is 282 g/mol. The van der Waals surface area contributed by atoms with Crippen molar-refractivity contribution in [1.82, 2.24) is 10.6 Å². The highest BCUT2D eigenvalue weighted by molar-refractivity contribution is 5.74. The molecule has 0 aliphatic carbocycles.